The van der Waals surface area contributed by atoms with E-state index < -0.39 is 41.1 Å². The monoisotopic (exact) mass is 380 g/mol. The number of halogens is 3. The second-order valence-corrected chi connectivity index (χ2v) is 5.63. The van der Waals surface area contributed by atoms with Gasteiger partial charge < -0.3 is 15.7 Å². The van der Waals surface area contributed by atoms with Gasteiger partial charge in [0.15, 0.2) is 6.04 Å². The lowest BCUT2D eigenvalue weighted by Gasteiger charge is -2.16. The Labute approximate surface area is 152 Å². The van der Waals surface area contributed by atoms with Crippen LogP contribution < -0.4 is 10.6 Å². The summed E-state index contributed by atoms with van der Waals surface area (Å²) in [5.74, 6) is -3.01. The van der Waals surface area contributed by atoms with Crippen LogP contribution in [0.4, 0.5) is 18.9 Å². The van der Waals surface area contributed by atoms with Crippen LogP contribution in [0, 0.1) is 0 Å². The van der Waals surface area contributed by atoms with Crippen molar-refractivity contribution in [3.8, 4) is 0 Å². The number of amides is 2. The van der Waals surface area contributed by atoms with Gasteiger partial charge in [-0.3, -0.25) is 9.59 Å². The van der Waals surface area contributed by atoms with E-state index in [-0.39, 0.29) is 11.3 Å². The molecular formula is C18H15F3N2O4. The predicted octanol–water partition coefficient (Wildman–Crippen LogP) is 3.22. The SMILES string of the molecule is CC(=O)Nc1cc(C(=O)N[C@H](C(=O)O)c2ccccc2)cc(C(F)(F)F)c1. The molecule has 0 aliphatic heterocycles. The summed E-state index contributed by atoms with van der Waals surface area (Å²) in [6.07, 6.45) is -4.75. The first kappa shape index (κ1) is 20.0. The molecule has 0 fully saturated rings. The zero-order chi connectivity index (χ0) is 20.2. The molecule has 0 radical (unpaired) electrons. The Hall–Kier alpha value is -3.36. The first-order valence-electron chi connectivity index (χ1n) is 7.66. The second kappa shape index (κ2) is 7.90. The van der Waals surface area contributed by atoms with Crippen LogP contribution in [-0.2, 0) is 15.8 Å². The molecule has 0 aliphatic carbocycles. The largest absolute Gasteiger partial charge is 0.479 e. The summed E-state index contributed by atoms with van der Waals surface area (Å²) in [6.45, 7) is 1.11. The smallest absolute Gasteiger partial charge is 0.416 e. The third-order valence-corrected chi connectivity index (χ3v) is 3.50. The fourth-order valence-electron chi connectivity index (χ4n) is 2.35. The molecule has 0 unspecified atom stereocenters. The fraction of sp³-hybridized carbons (Fsp3) is 0.167. The van der Waals surface area contributed by atoms with Gasteiger partial charge in [0.2, 0.25) is 5.91 Å². The van der Waals surface area contributed by atoms with E-state index in [0.29, 0.717) is 12.1 Å². The molecule has 0 saturated heterocycles. The van der Waals surface area contributed by atoms with Crippen LogP contribution in [0.1, 0.15) is 34.5 Å². The Morgan fingerprint density at radius 2 is 1.67 bits per heavy atom. The van der Waals surface area contributed by atoms with E-state index in [1.54, 1.807) is 18.2 Å². The zero-order valence-electron chi connectivity index (χ0n) is 14.0. The maximum Gasteiger partial charge on any atom is 0.416 e. The minimum absolute atomic E-state index is 0.228. The van der Waals surface area contributed by atoms with Crippen molar-refractivity contribution in [3.05, 3.63) is 65.2 Å². The summed E-state index contributed by atoms with van der Waals surface area (Å²) in [4.78, 5) is 35.0. The van der Waals surface area contributed by atoms with Crippen LogP contribution in [0.2, 0.25) is 0 Å². The van der Waals surface area contributed by atoms with Crippen molar-refractivity contribution < 1.29 is 32.7 Å². The van der Waals surface area contributed by atoms with Crippen molar-refractivity contribution in [1.82, 2.24) is 5.32 Å². The molecule has 0 aromatic heterocycles. The van der Waals surface area contributed by atoms with Gasteiger partial charge in [-0.2, -0.15) is 13.2 Å². The molecule has 9 heteroatoms. The highest BCUT2D eigenvalue weighted by atomic mass is 19.4. The maximum absolute atomic E-state index is 13.1. The lowest BCUT2D eigenvalue weighted by atomic mass is 10.0. The molecule has 3 N–H and O–H groups in total. The Kier molecular flexibility index (Phi) is 5.84. The number of carbonyl (C=O) groups excluding carboxylic acids is 2. The molecule has 0 bridgehead atoms. The number of alkyl halides is 3. The standard InChI is InChI=1S/C18H15F3N2O4/c1-10(24)22-14-8-12(7-13(9-14)18(19,20)21)16(25)23-15(17(26)27)11-5-3-2-4-6-11/h2-9,15H,1H3,(H,22,24)(H,23,25)(H,26,27)/t15-/m0/s1. The number of nitrogens with one attached hydrogen (secondary N) is 2. The molecule has 2 aromatic rings. The van der Waals surface area contributed by atoms with Crippen molar-refractivity contribution in [3.63, 3.8) is 0 Å². The van der Waals surface area contributed by atoms with Gasteiger partial charge in [0.1, 0.15) is 0 Å². The number of carbonyl (C=O) groups is 3. The summed E-state index contributed by atoms with van der Waals surface area (Å²) < 4.78 is 39.2. The van der Waals surface area contributed by atoms with E-state index in [0.717, 1.165) is 13.0 Å². The van der Waals surface area contributed by atoms with Crippen LogP contribution in [0.3, 0.4) is 0 Å². The lowest BCUT2D eigenvalue weighted by Crippen LogP contribution is -2.34. The lowest BCUT2D eigenvalue weighted by molar-refractivity contribution is -0.139. The zero-order valence-corrected chi connectivity index (χ0v) is 14.0. The molecule has 0 spiro atoms. The normalized spacial score (nSPS) is 12.1. The number of aliphatic carboxylic acids is 1. The van der Waals surface area contributed by atoms with Crippen molar-refractivity contribution in [1.29, 1.82) is 0 Å². The van der Waals surface area contributed by atoms with Gasteiger partial charge in [-0.25, -0.2) is 4.79 Å². The average Bonchev–Trinajstić information content (AvgIpc) is 2.58. The van der Waals surface area contributed by atoms with Gasteiger partial charge in [0.05, 0.1) is 5.56 Å². The molecule has 0 saturated carbocycles. The molecule has 6 nitrogen and oxygen atoms in total. The van der Waals surface area contributed by atoms with Gasteiger partial charge in [-0.05, 0) is 23.8 Å². The first-order valence-corrected chi connectivity index (χ1v) is 7.66. The highest BCUT2D eigenvalue weighted by Crippen LogP contribution is 2.32. The number of hydrogen-bond acceptors (Lipinski definition) is 3. The molecule has 0 heterocycles. The van der Waals surface area contributed by atoms with Crippen molar-refractivity contribution in [2.24, 2.45) is 0 Å². The average molecular weight is 380 g/mol. The third-order valence-electron chi connectivity index (χ3n) is 3.50. The van der Waals surface area contributed by atoms with Crippen LogP contribution in [0.15, 0.2) is 48.5 Å². The number of carboxylic acids is 1. The summed E-state index contributed by atoms with van der Waals surface area (Å²) >= 11 is 0. The van der Waals surface area contributed by atoms with E-state index in [4.69, 9.17) is 0 Å². The Balaban J connectivity index is 2.38. The van der Waals surface area contributed by atoms with Gasteiger partial charge in [-0.15, -0.1) is 0 Å². The fourth-order valence-corrected chi connectivity index (χ4v) is 2.35. The van der Waals surface area contributed by atoms with Crippen LogP contribution in [-0.4, -0.2) is 22.9 Å². The van der Waals surface area contributed by atoms with Crippen LogP contribution in [0.5, 0.6) is 0 Å². The van der Waals surface area contributed by atoms with E-state index in [9.17, 15) is 32.7 Å². The van der Waals surface area contributed by atoms with E-state index in [1.165, 1.54) is 12.1 Å². The topological polar surface area (TPSA) is 95.5 Å². The van der Waals surface area contributed by atoms with E-state index >= 15 is 0 Å². The van der Waals surface area contributed by atoms with Gasteiger partial charge in [0.25, 0.3) is 5.91 Å². The number of carboxylic acid groups (broad SMARTS) is 1. The highest BCUT2D eigenvalue weighted by molar-refractivity contribution is 5.99. The summed E-state index contributed by atoms with van der Waals surface area (Å²) in [6, 6.07) is 8.58. The Bertz CT molecular complexity index is 867. The van der Waals surface area contributed by atoms with Gasteiger partial charge in [0, 0.05) is 18.2 Å². The van der Waals surface area contributed by atoms with Gasteiger partial charge >= 0.3 is 12.1 Å². The molecule has 142 valence electrons. The maximum atomic E-state index is 13.1. The quantitative estimate of drug-likeness (QED) is 0.742. The second-order valence-electron chi connectivity index (χ2n) is 5.63. The van der Waals surface area contributed by atoms with Crippen LogP contribution in [0.25, 0.3) is 0 Å². The summed E-state index contributed by atoms with van der Waals surface area (Å²) in [5, 5.41) is 13.7. The molecule has 1 atom stereocenters. The molecule has 0 aliphatic rings. The molecule has 27 heavy (non-hydrogen) atoms. The van der Waals surface area contributed by atoms with E-state index in [2.05, 4.69) is 10.6 Å². The van der Waals surface area contributed by atoms with Crippen molar-refractivity contribution >= 4 is 23.5 Å². The van der Waals surface area contributed by atoms with Crippen molar-refractivity contribution in [2.45, 2.75) is 19.1 Å². The molecule has 2 aromatic carbocycles. The number of hydrogen-bond donors (Lipinski definition) is 3. The Morgan fingerprint density at radius 3 is 2.19 bits per heavy atom. The number of anilines is 1. The number of rotatable bonds is 5. The van der Waals surface area contributed by atoms with Crippen LogP contribution >= 0.6 is 0 Å². The molecule has 2 rings (SSSR count). The minimum Gasteiger partial charge on any atom is -0.479 e. The highest BCUT2D eigenvalue weighted by Gasteiger charge is 2.32. The van der Waals surface area contributed by atoms with E-state index in [1.807, 2.05) is 0 Å². The Morgan fingerprint density at radius 1 is 1.04 bits per heavy atom. The summed E-state index contributed by atoms with van der Waals surface area (Å²) in [7, 11) is 0. The predicted molar refractivity (Wildman–Crippen MR) is 90.0 cm³/mol. The molecule has 2 amide bonds. The first-order chi connectivity index (χ1) is 12.6. The molecular weight excluding hydrogens is 365 g/mol. The minimum atomic E-state index is -4.75. The number of benzene rings is 2. The summed E-state index contributed by atoms with van der Waals surface area (Å²) in [5.41, 5.74) is -1.55. The van der Waals surface area contributed by atoms with Crippen molar-refractivity contribution in [2.75, 3.05) is 5.32 Å². The third kappa shape index (κ3) is 5.30. The van der Waals surface area contributed by atoms with Gasteiger partial charge in [-0.1, -0.05) is 30.3 Å².